The van der Waals surface area contributed by atoms with Crippen molar-refractivity contribution in [2.24, 2.45) is 0 Å². The number of ether oxygens (including phenoxy) is 2. The van der Waals surface area contributed by atoms with Crippen LogP contribution < -0.4 is 5.32 Å². The van der Waals surface area contributed by atoms with E-state index in [1.54, 1.807) is 12.1 Å². The zero-order chi connectivity index (χ0) is 25.4. The van der Waals surface area contributed by atoms with E-state index in [-0.39, 0.29) is 32.8 Å². The van der Waals surface area contributed by atoms with Gasteiger partial charge in [0.25, 0.3) is 6.43 Å². The minimum atomic E-state index is -3.63. The van der Waals surface area contributed by atoms with E-state index in [4.69, 9.17) is 21.1 Å². The van der Waals surface area contributed by atoms with Crippen molar-refractivity contribution in [3.63, 3.8) is 0 Å². The lowest BCUT2D eigenvalue weighted by atomic mass is 9.93. The lowest BCUT2D eigenvalue weighted by Gasteiger charge is -2.25. The summed E-state index contributed by atoms with van der Waals surface area (Å²) in [6, 6.07) is 6.63. The fourth-order valence-electron chi connectivity index (χ4n) is 4.86. The first kappa shape index (κ1) is 25.3. The quantitative estimate of drug-likeness (QED) is 0.397. The molecule has 12 heteroatoms. The molecule has 194 valence electrons. The van der Waals surface area contributed by atoms with Crippen molar-refractivity contribution in [1.29, 1.82) is 0 Å². The number of imidazole rings is 1. The number of hydrogen-bond donors (Lipinski definition) is 1. The SMILES string of the molecule is CS(=O)(=O)c1cc(C2CCCOC2)ccc1Nc1cc(Cl)nc2c1nc(C(F)F)n2C1CCCCO1. The number of nitrogens with zero attached hydrogens (tertiary/aromatic N) is 3. The molecule has 2 aliphatic rings. The van der Waals surface area contributed by atoms with Gasteiger partial charge in [0.2, 0.25) is 0 Å². The molecule has 8 nitrogen and oxygen atoms in total. The Hall–Kier alpha value is -2.34. The first-order valence-electron chi connectivity index (χ1n) is 11.9. The molecule has 2 fully saturated rings. The molecule has 0 amide bonds. The predicted molar refractivity (Wildman–Crippen MR) is 132 cm³/mol. The van der Waals surface area contributed by atoms with E-state index in [1.165, 1.54) is 10.6 Å². The fraction of sp³-hybridized carbons (Fsp3) is 0.500. The van der Waals surface area contributed by atoms with Crippen molar-refractivity contribution >= 4 is 44.0 Å². The van der Waals surface area contributed by atoms with Crippen LogP contribution in [0.5, 0.6) is 0 Å². The normalized spacial score (nSPS) is 21.2. The maximum atomic E-state index is 14.0. The molecule has 0 aliphatic carbocycles. The zero-order valence-electron chi connectivity index (χ0n) is 19.7. The molecule has 4 heterocycles. The summed E-state index contributed by atoms with van der Waals surface area (Å²) in [6.07, 6.45) is 1.69. The van der Waals surface area contributed by atoms with E-state index < -0.39 is 28.3 Å². The van der Waals surface area contributed by atoms with Crippen molar-refractivity contribution in [3.05, 3.63) is 40.8 Å². The van der Waals surface area contributed by atoms with Crippen molar-refractivity contribution in [3.8, 4) is 0 Å². The van der Waals surface area contributed by atoms with Gasteiger partial charge in [-0.25, -0.2) is 27.2 Å². The molecule has 2 atom stereocenters. The second kappa shape index (κ2) is 10.2. The Morgan fingerprint density at radius 2 is 1.94 bits per heavy atom. The van der Waals surface area contributed by atoms with Crippen LogP contribution in [-0.4, -0.2) is 49.0 Å². The average molecular weight is 541 g/mol. The van der Waals surface area contributed by atoms with Gasteiger partial charge in [-0.3, -0.25) is 4.57 Å². The van der Waals surface area contributed by atoms with Gasteiger partial charge in [0.15, 0.2) is 21.3 Å². The van der Waals surface area contributed by atoms with Crippen molar-refractivity contribution in [2.75, 3.05) is 31.4 Å². The smallest absolute Gasteiger partial charge is 0.295 e. The van der Waals surface area contributed by atoms with Crippen molar-refractivity contribution in [2.45, 2.75) is 55.6 Å². The fourth-order valence-corrected chi connectivity index (χ4v) is 5.92. The molecule has 5 rings (SSSR count). The molecule has 0 radical (unpaired) electrons. The number of sulfone groups is 1. The molecule has 2 unspecified atom stereocenters. The number of pyridine rings is 1. The topological polar surface area (TPSA) is 95.3 Å². The third-order valence-corrected chi connectivity index (χ3v) is 7.92. The molecule has 36 heavy (non-hydrogen) atoms. The number of benzene rings is 1. The van der Waals surface area contributed by atoms with Crippen molar-refractivity contribution < 1.29 is 26.7 Å². The first-order valence-corrected chi connectivity index (χ1v) is 14.2. The lowest BCUT2D eigenvalue weighted by Crippen LogP contribution is -2.20. The molecule has 0 bridgehead atoms. The van der Waals surface area contributed by atoms with Crippen LogP contribution in [0, 0.1) is 0 Å². The minimum Gasteiger partial charge on any atom is -0.381 e. The van der Waals surface area contributed by atoms with E-state index in [1.807, 2.05) is 6.07 Å². The second-order valence-corrected chi connectivity index (χ2v) is 11.6. The number of anilines is 2. The highest BCUT2D eigenvalue weighted by Crippen LogP contribution is 2.38. The van der Waals surface area contributed by atoms with Crippen LogP contribution in [0.2, 0.25) is 5.15 Å². The number of rotatable bonds is 6. The molecule has 3 aromatic rings. The van der Waals surface area contributed by atoms with Gasteiger partial charge in [0, 0.05) is 31.5 Å². The largest absolute Gasteiger partial charge is 0.381 e. The van der Waals surface area contributed by atoms with Crippen molar-refractivity contribution in [1.82, 2.24) is 14.5 Å². The lowest BCUT2D eigenvalue weighted by molar-refractivity contribution is -0.0363. The molecule has 0 spiro atoms. The van der Waals surface area contributed by atoms with Crippen LogP contribution in [0.3, 0.4) is 0 Å². The number of fused-ring (bicyclic) bond motifs is 1. The number of hydrogen-bond acceptors (Lipinski definition) is 7. The monoisotopic (exact) mass is 540 g/mol. The number of halogens is 3. The van der Waals surface area contributed by atoms with Crippen LogP contribution in [-0.2, 0) is 19.3 Å². The molecular formula is C24H27ClF2N4O4S. The van der Waals surface area contributed by atoms with Gasteiger partial charge >= 0.3 is 0 Å². The second-order valence-electron chi connectivity index (χ2n) is 9.19. The van der Waals surface area contributed by atoms with Gasteiger partial charge < -0.3 is 14.8 Å². The molecule has 2 aliphatic heterocycles. The Balaban J connectivity index is 1.60. The summed E-state index contributed by atoms with van der Waals surface area (Å²) in [5.41, 5.74) is 1.76. The van der Waals surface area contributed by atoms with Gasteiger partial charge in [-0.05, 0) is 49.8 Å². The summed E-state index contributed by atoms with van der Waals surface area (Å²) in [5.74, 6) is -0.360. The number of aromatic nitrogens is 3. The maximum absolute atomic E-state index is 14.0. The Labute approximate surface area is 212 Å². The summed E-state index contributed by atoms with van der Waals surface area (Å²) < 4.78 is 66.1. The molecule has 2 aromatic heterocycles. The highest BCUT2D eigenvalue weighted by Gasteiger charge is 2.29. The highest BCUT2D eigenvalue weighted by atomic mass is 35.5. The van der Waals surface area contributed by atoms with Gasteiger partial charge in [-0.15, -0.1) is 0 Å². The summed E-state index contributed by atoms with van der Waals surface area (Å²) in [7, 11) is -3.63. The van der Waals surface area contributed by atoms with E-state index >= 15 is 0 Å². The van der Waals surface area contributed by atoms with E-state index in [2.05, 4.69) is 15.3 Å². The molecule has 1 N–H and O–H groups in total. The van der Waals surface area contributed by atoms with E-state index in [9.17, 15) is 17.2 Å². The Bertz CT molecular complexity index is 1370. The molecular weight excluding hydrogens is 514 g/mol. The summed E-state index contributed by atoms with van der Waals surface area (Å²) in [5, 5.41) is 3.13. The van der Waals surface area contributed by atoms with Crippen LogP contribution in [0.25, 0.3) is 11.2 Å². The molecule has 1 aromatic carbocycles. The van der Waals surface area contributed by atoms with E-state index in [0.29, 0.717) is 31.9 Å². The van der Waals surface area contributed by atoms with Crippen LogP contribution >= 0.6 is 11.6 Å². The predicted octanol–water partition coefficient (Wildman–Crippen LogP) is 5.76. The number of nitrogens with one attached hydrogen (secondary N) is 1. The van der Waals surface area contributed by atoms with Gasteiger partial charge in [-0.2, -0.15) is 0 Å². The summed E-state index contributed by atoms with van der Waals surface area (Å²) in [6.45, 7) is 1.69. The Morgan fingerprint density at radius 1 is 1.11 bits per heavy atom. The van der Waals surface area contributed by atoms with Crippen LogP contribution in [0.15, 0.2) is 29.2 Å². The third kappa shape index (κ3) is 5.06. The van der Waals surface area contributed by atoms with E-state index in [0.717, 1.165) is 37.5 Å². The summed E-state index contributed by atoms with van der Waals surface area (Å²) in [4.78, 5) is 8.57. The third-order valence-electron chi connectivity index (χ3n) is 6.59. The Morgan fingerprint density at radius 3 is 2.61 bits per heavy atom. The van der Waals surface area contributed by atoms with Gasteiger partial charge in [-0.1, -0.05) is 17.7 Å². The highest BCUT2D eigenvalue weighted by molar-refractivity contribution is 7.90. The molecule has 2 saturated heterocycles. The van der Waals surface area contributed by atoms with Crippen LogP contribution in [0.1, 0.15) is 62.1 Å². The van der Waals surface area contributed by atoms with Gasteiger partial charge in [0.1, 0.15) is 16.9 Å². The van der Waals surface area contributed by atoms with Gasteiger partial charge in [0.05, 0.1) is 22.9 Å². The first-order chi connectivity index (χ1) is 17.2. The molecule has 0 saturated carbocycles. The minimum absolute atomic E-state index is 0.0552. The standard InChI is InChI=1S/C24H27ClF2N4O4S/c1-36(32,33)18-11-14(15-5-4-9-34-13-15)7-8-16(18)28-17-12-19(25)29-23-21(17)30-24(22(26)27)31(23)20-6-2-3-10-35-20/h7-8,11-12,15,20,22H,2-6,9-10,13H2,1H3,(H,28,29). The summed E-state index contributed by atoms with van der Waals surface area (Å²) >= 11 is 6.29. The maximum Gasteiger partial charge on any atom is 0.295 e. The Kier molecular flexibility index (Phi) is 7.17. The average Bonchev–Trinajstić information content (AvgIpc) is 3.24. The zero-order valence-corrected chi connectivity index (χ0v) is 21.3. The number of alkyl halides is 2. The van der Waals surface area contributed by atoms with Crippen LogP contribution in [0.4, 0.5) is 20.2 Å².